The van der Waals surface area contributed by atoms with E-state index in [9.17, 15) is 9.59 Å². The third-order valence-corrected chi connectivity index (χ3v) is 0.960. The van der Waals surface area contributed by atoms with Crippen LogP contribution in [0.4, 0.5) is 0 Å². The first-order valence-corrected chi connectivity index (χ1v) is 4.02. The average Bonchev–Trinajstić information content (AvgIpc) is 1.98. The van der Waals surface area contributed by atoms with Crippen LogP contribution >= 0.6 is 0 Å². The van der Waals surface area contributed by atoms with E-state index in [1.807, 2.05) is 0 Å². The van der Waals surface area contributed by atoms with Gasteiger partial charge in [-0.15, -0.1) is 0 Å². The highest BCUT2D eigenvalue weighted by Crippen LogP contribution is 1.89. The molecule has 6 heteroatoms. The van der Waals surface area contributed by atoms with Crippen molar-refractivity contribution >= 4 is 11.9 Å². The fraction of sp³-hybridized carbons (Fsp3) is 0.500. The molecule has 0 aliphatic carbocycles. The molecule has 0 saturated carbocycles. The summed E-state index contributed by atoms with van der Waals surface area (Å²) in [6.07, 6.45) is 0.426. The van der Waals surface area contributed by atoms with Crippen LogP contribution in [0, 0.1) is 0 Å². The first kappa shape index (κ1) is 12.6. The first-order chi connectivity index (χ1) is 6.41. The van der Waals surface area contributed by atoms with Gasteiger partial charge < -0.3 is 9.47 Å². The van der Waals surface area contributed by atoms with E-state index in [-0.39, 0.29) is 0 Å². The summed E-state index contributed by atoms with van der Waals surface area (Å²) in [5.41, 5.74) is 10.3. The largest absolute Gasteiger partial charge is 0.444 e. The third kappa shape index (κ3) is 7.26. The molecular weight excluding hydrogens is 188 g/mol. The maximum Gasteiger partial charge on any atom is 0.332 e. The molecule has 0 fully saturated rings. The second kappa shape index (κ2) is 6.11. The van der Waals surface area contributed by atoms with Gasteiger partial charge in [0.05, 0.1) is 0 Å². The Morgan fingerprint density at radius 1 is 1.00 bits per heavy atom. The molecule has 0 radical (unpaired) electrons. The molecule has 2 unspecified atom stereocenters. The standard InChI is InChI=1S/C8H14N2O4/c1-5(9)13-7(11)3-4-8(12)14-6(2)10/h3-6H,9-10H2,1-2H3/b4-3-. The lowest BCUT2D eigenvalue weighted by Gasteiger charge is -2.05. The molecule has 0 spiro atoms. The highest BCUT2D eigenvalue weighted by atomic mass is 16.6. The summed E-state index contributed by atoms with van der Waals surface area (Å²) >= 11 is 0. The quantitative estimate of drug-likeness (QED) is 0.352. The molecule has 0 saturated heterocycles. The summed E-state index contributed by atoms with van der Waals surface area (Å²) in [6, 6.07) is 0. The molecule has 2 atom stereocenters. The van der Waals surface area contributed by atoms with Gasteiger partial charge in [-0.2, -0.15) is 0 Å². The zero-order valence-electron chi connectivity index (χ0n) is 8.10. The van der Waals surface area contributed by atoms with Crippen molar-refractivity contribution in [3.8, 4) is 0 Å². The van der Waals surface area contributed by atoms with Crippen LogP contribution in [0.3, 0.4) is 0 Å². The number of carbonyl (C=O) groups excluding carboxylic acids is 2. The number of hydrogen-bond donors (Lipinski definition) is 2. The lowest BCUT2D eigenvalue weighted by molar-refractivity contribution is -0.144. The predicted molar refractivity (Wildman–Crippen MR) is 48.6 cm³/mol. The fourth-order valence-electron chi connectivity index (χ4n) is 0.581. The van der Waals surface area contributed by atoms with E-state index >= 15 is 0 Å². The zero-order valence-corrected chi connectivity index (χ0v) is 8.10. The summed E-state index contributed by atoms with van der Waals surface area (Å²) in [7, 11) is 0. The zero-order chi connectivity index (χ0) is 11.1. The van der Waals surface area contributed by atoms with Crippen LogP contribution in [0.25, 0.3) is 0 Å². The molecule has 0 aliphatic rings. The summed E-state index contributed by atoms with van der Waals surface area (Å²) in [5.74, 6) is -1.41. The van der Waals surface area contributed by atoms with Gasteiger partial charge in [-0.25, -0.2) is 9.59 Å². The van der Waals surface area contributed by atoms with Gasteiger partial charge in [0, 0.05) is 12.2 Å². The van der Waals surface area contributed by atoms with Crippen LogP contribution < -0.4 is 11.5 Å². The van der Waals surface area contributed by atoms with Crippen LogP contribution in [-0.2, 0) is 19.1 Å². The molecule has 0 aromatic heterocycles. The molecule has 4 N–H and O–H groups in total. The van der Waals surface area contributed by atoms with Gasteiger partial charge in [-0.1, -0.05) is 0 Å². The number of ether oxygens (including phenoxy) is 2. The van der Waals surface area contributed by atoms with Gasteiger partial charge in [-0.3, -0.25) is 11.5 Å². The summed E-state index contributed by atoms with van der Waals surface area (Å²) in [4.78, 5) is 21.6. The monoisotopic (exact) mass is 202 g/mol. The molecule has 80 valence electrons. The van der Waals surface area contributed by atoms with E-state index in [1.54, 1.807) is 0 Å². The van der Waals surface area contributed by atoms with Crippen LogP contribution in [0.2, 0.25) is 0 Å². The number of esters is 2. The molecule has 0 rings (SSSR count). The summed E-state index contributed by atoms with van der Waals surface area (Å²) in [6.45, 7) is 2.98. The summed E-state index contributed by atoms with van der Waals surface area (Å²) < 4.78 is 9.04. The van der Waals surface area contributed by atoms with Crippen LogP contribution in [-0.4, -0.2) is 24.4 Å². The smallest absolute Gasteiger partial charge is 0.332 e. The van der Waals surface area contributed by atoms with E-state index < -0.39 is 24.4 Å². The minimum Gasteiger partial charge on any atom is -0.444 e. The number of carbonyl (C=O) groups is 2. The van der Waals surface area contributed by atoms with Crippen molar-refractivity contribution in [1.29, 1.82) is 0 Å². The normalized spacial score (nSPS) is 14.9. The number of nitrogens with two attached hydrogens (primary N) is 2. The van der Waals surface area contributed by atoms with Gasteiger partial charge in [0.1, 0.15) is 12.5 Å². The SMILES string of the molecule is CC(N)OC(=O)/C=C\C(=O)OC(C)N. The maximum absolute atomic E-state index is 10.8. The molecule has 0 aliphatic heterocycles. The maximum atomic E-state index is 10.8. The van der Waals surface area contributed by atoms with Crippen molar-refractivity contribution < 1.29 is 19.1 Å². The highest BCUT2D eigenvalue weighted by molar-refractivity contribution is 5.91. The van der Waals surface area contributed by atoms with Crippen LogP contribution in [0.15, 0.2) is 12.2 Å². The highest BCUT2D eigenvalue weighted by Gasteiger charge is 2.04. The minimum absolute atomic E-state index is 0.707. The average molecular weight is 202 g/mol. The molecule has 0 amide bonds. The minimum atomic E-state index is -0.711. The number of rotatable bonds is 4. The van der Waals surface area contributed by atoms with E-state index in [1.165, 1.54) is 13.8 Å². The molecule has 6 nitrogen and oxygen atoms in total. The number of hydrogen-bond acceptors (Lipinski definition) is 6. The Morgan fingerprint density at radius 3 is 1.50 bits per heavy atom. The Morgan fingerprint density at radius 2 is 1.29 bits per heavy atom. The second-order valence-electron chi connectivity index (χ2n) is 2.62. The van der Waals surface area contributed by atoms with Crippen molar-refractivity contribution in [1.82, 2.24) is 0 Å². The Labute approximate surface area is 81.8 Å². The Kier molecular flexibility index (Phi) is 5.50. The van der Waals surface area contributed by atoms with Crippen LogP contribution in [0.1, 0.15) is 13.8 Å². The van der Waals surface area contributed by atoms with Gasteiger partial charge >= 0.3 is 11.9 Å². The van der Waals surface area contributed by atoms with E-state index in [2.05, 4.69) is 9.47 Å². The molecule has 0 bridgehead atoms. The third-order valence-electron chi connectivity index (χ3n) is 0.960. The van der Waals surface area contributed by atoms with Gasteiger partial charge in [0.25, 0.3) is 0 Å². The van der Waals surface area contributed by atoms with E-state index in [4.69, 9.17) is 11.5 Å². The Balaban J connectivity index is 3.92. The van der Waals surface area contributed by atoms with Crippen molar-refractivity contribution in [3.63, 3.8) is 0 Å². The van der Waals surface area contributed by atoms with Crippen molar-refractivity contribution in [2.45, 2.75) is 26.3 Å². The van der Waals surface area contributed by atoms with E-state index in [0.717, 1.165) is 12.2 Å². The first-order valence-electron chi connectivity index (χ1n) is 4.02. The lowest BCUT2D eigenvalue weighted by atomic mass is 10.5. The Bertz CT molecular complexity index is 211. The lowest BCUT2D eigenvalue weighted by Crippen LogP contribution is -2.23. The molecule has 0 aromatic carbocycles. The van der Waals surface area contributed by atoms with E-state index in [0.29, 0.717) is 0 Å². The van der Waals surface area contributed by atoms with Gasteiger partial charge in [0.2, 0.25) is 0 Å². The molecule has 14 heavy (non-hydrogen) atoms. The molecule has 0 heterocycles. The Hall–Kier alpha value is -1.40. The van der Waals surface area contributed by atoms with Crippen molar-refractivity contribution in [2.24, 2.45) is 11.5 Å². The molecule has 0 aromatic rings. The van der Waals surface area contributed by atoms with Gasteiger partial charge in [-0.05, 0) is 13.8 Å². The van der Waals surface area contributed by atoms with Crippen molar-refractivity contribution in [2.75, 3.05) is 0 Å². The fourth-order valence-corrected chi connectivity index (χ4v) is 0.581. The molecular formula is C8H14N2O4. The van der Waals surface area contributed by atoms with Crippen molar-refractivity contribution in [3.05, 3.63) is 12.2 Å². The van der Waals surface area contributed by atoms with Gasteiger partial charge in [0.15, 0.2) is 0 Å². The predicted octanol–water partition coefficient (Wildman–Crippen LogP) is -0.762. The van der Waals surface area contributed by atoms with Crippen LogP contribution in [0.5, 0.6) is 0 Å². The second-order valence-corrected chi connectivity index (χ2v) is 2.62. The summed E-state index contributed by atoms with van der Waals surface area (Å²) in [5, 5.41) is 0. The topological polar surface area (TPSA) is 105 Å².